The van der Waals surface area contributed by atoms with E-state index in [-0.39, 0.29) is 12.4 Å². The van der Waals surface area contributed by atoms with Gasteiger partial charge in [-0.2, -0.15) is 0 Å². The van der Waals surface area contributed by atoms with Crippen molar-refractivity contribution in [1.82, 2.24) is 5.32 Å². The first-order chi connectivity index (χ1) is 6.81. The van der Waals surface area contributed by atoms with Crippen LogP contribution < -0.4 is 11.1 Å². The third kappa shape index (κ3) is 2.64. The average Bonchev–Trinajstić information content (AvgIpc) is 2.19. The Labute approximate surface area is 97.7 Å². The third-order valence-electron chi connectivity index (χ3n) is 2.91. The Morgan fingerprint density at radius 3 is 3.00 bits per heavy atom. The van der Waals surface area contributed by atoms with Crippen LogP contribution in [0.15, 0.2) is 18.2 Å². The van der Waals surface area contributed by atoms with Gasteiger partial charge in [-0.15, -0.1) is 12.4 Å². The number of halogens is 1. The van der Waals surface area contributed by atoms with Crippen LogP contribution in [0.2, 0.25) is 0 Å². The monoisotopic (exact) mass is 226 g/mol. The molecule has 15 heavy (non-hydrogen) atoms. The standard InChI is InChI=1S/C12H18N2.ClH/c1-2-3-12-11-8-10(13)5-4-9(11)6-7-14-12;/h4-5,8,12,14H,2-3,6-7,13H2,1H3;1H. The summed E-state index contributed by atoms with van der Waals surface area (Å²) in [6, 6.07) is 6.83. The van der Waals surface area contributed by atoms with Crippen molar-refractivity contribution < 1.29 is 0 Å². The van der Waals surface area contributed by atoms with E-state index in [1.54, 1.807) is 0 Å². The molecule has 1 aromatic carbocycles. The summed E-state index contributed by atoms with van der Waals surface area (Å²) in [5.41, 5.74) is 9.58. The van der Waals surface area contributed by atoms with Crippen LogP contribution in [0, 0.1) is 0 Å². The molecule has 0 fully saturated rings. The number of benzene rings is 1. The molecule has 1 aliphatic rings. The van der Waals surface area contributed by atoms with Gasteiger partial charge in [0, 0.05) is 11.7 Å². The maximum Gasteiger partial charge on any atom is 0.0323 e. The van der Waals surface area contributed by atoms with Gasteiger partial charge in [0.25, 0.3) is 0 Å². The molecule has 3 heteroatoms. The van der Waals surface area contributed by atoms with Gasteiger partial charge in [-0.05, 0) is 42.6 Å². The minimum absolute atomic E-state index is 0. The summed E-state index contributed by atoms with van der Waals surface area (Å²) in [5, 5.41) is 3.55. The molecule has 0 bridgehead atoms. The average molecular weight is 227 g/mol. The SMILES string of the molecule is CCCC1NCCc2ccc(N)cc21.Cl. The highest BCUT2D eigenvalue weighted by Crippen LogP contribution is 2.27. The highest BCUT2D eigenvalue weighted by atomic mass is 35.5. The van der Waals surface area contributed by atoms with E-state index < -0.39 is 0 Å². The first-order valence-corrected chi connectivity index (χ1v) is 5.43. The van der Waals surface area contributed by atoms with E-state index in [1.165, 1.54) is 24.0 Å². The van der Waals surface area contributed by atoms with Gasteiger partial charge in [0.1, 0.15) is 0 Å². The van der Waals surface area contributed by atoms with E-state index in [2.05, 4.69) is 24.4 Å². The molecule has 2 nitrogen and oxygen atoms in total. The molecule has 0 aliphatic carbocycles. The fraction of sp³-hybridized carbons (Fsp3) is 0.500. The van der Waals surface area contributed by atoms with Crippen molar-refractivity contribution in [3.63, 3.8) is 0 Å². The second-order valence-corrected chi connectivity index (χ2v) is 4.00. The largest absolute Gasteiger partial charge is 0.399 e. The molecule has 0 radical (unpaired) electrons. The second-order valence-electron chi connectivity index (χ2n) is 4.00. The number of anilines is 1. The van der Waals surface area contributed by atoms with E-state index in [9.17, 15) is 0 Å². The molecular formula is C12H19ClN2. The van der Waals surface area contributed by atoms with Crippen LogP contribution in [0.3, 0.4) is 0 Å². The van der Waals surface area contributed by atoms with Gasteiger partial charge in [-0.25, -0.2) is 0 Å². The Balaban J connectivity index is 0.00000112. The van der Waals surface area contributed by atoms with E-state index in [4.69, 9.17) is 5.73 Å². The van der Waals surface area contributed by atoms with Crippen LogP contribution in [-0.2, 0) is 6.42 Å². The highest BCUT2D eigenvalue weighted by Gasteiger charge is 2.18. The lowest BCUT2D eigenvalue weighted by molar-refractivity contribution is 0.471. The lowest BCUT2D eigenvalue weighted by atomic mass is 9.91. The number of nitrogens with two attached hydrogens (primary N) is 1. The topological polar surface area (TPSA) is 38.0 Å². The molecule has 0 amide bonds. The molecule has 1 unspecified atom stereocenters. The quantitative estimate of drug-likeness (QED) is 0.761. The Morgan fingerprint density at radius 1 is 1.47 bits per heavy atom. The zero-order valence-corrected chi connectivity index (χ0v) is 9.94. The molecule has 1 heterocycles. The molecule has 3 N–H and O–H groups in total. The molecule has 0 spiro atoms. The van der Waals surface area contributed by atoms with Crippen molar-refractivity contribution in [2.75, 3.05) is 12.3 Å². The maximum absolute atomic E-state index is 5.81. The van der Waals surface area contributed by atoms with E-state index in [0.29, 0.717) is 6.04 Å². The normalized spacial score (nSPS) is 19.1. The fourth-order valence-electron chi connectivity index (χ4n) is 2.20. The highest BCUT2D eigenvalue weighted by molar-refractivity contribution is 5.85. The van der Waals surface area contributed by atoms with Crippen LogP contribution >= 0.6 is 12.4 Å². The number of nitrogens with one attached hydrogen (secondary N) is 1. The van der Waals surface area contributed by atoms with Crippen LogP contribution in [0.5, 0.6) is 0 Å². The Hall–Kier alpha value is -0.730. The van der Waals surface area contributed by atoms with Crippen molar-refractivity contribution >= 4 is 18.1 Å². The summed E-state index contributed by atoms with van der Waals surface area (Å²) in [4.78, 5) is 0. The molecule has 1 atom stereocenters. The minimum atomic E-state index is 0. The molecule has 0 saturated carbocycles. The molecular weight excluding hydrogens is 208 g/mol. The van der Waals surface area contributed by atoms with Gasteiger partial charge in [0.2, 0.25) is 0 Å². The van der Waals surface area contributed by atoms with E-state index in [0.717, 1.165) is 18.7 Å². The van der Waals surface area contributed by atoms with Crippen LogP contribution in [0.1, 0.15) is 36.9 Å². The molecule has 2 rings (SSSR count). The summed E-state index contributed by atoms with van der Waals surface area (Å²) in [6.45, 7) is 3.32. The molecule has 0 saturated heterocycles. The first-order valence-electron chi connectivity index (χ1n) is 5.43. The Kier molecular flexibility index (Phi) is 4.43. The minimum Gasteiger partial charge on any atom is -0.399 e. The van der Waals surface area contributed by atoms with E-state index in [1.807, 2.05) is 6.07 Å². The summed E-state index contributed by atoms with van der Waals surface area (Å²) in [7, 11) is 0. The zero-order chi connectivity index (χ0) is 9.97. The lowest BCUT2D eigenvalue weighted by Crippen LogP contribution is -2.29. The van der Waals surface area contributed by atoms with Crippen LogP contribution in [0.4, 0.5) is 5.69 Å². The summed E-state index contributed by atoms with van der Waals surface area (Å²) in [6.07, 6.45) is 3.55. The molecule has 0 aromatic heterocycles. The van der Waals surface area contributed by atoms with Gasteiger partial charge < -0.3 is 11.1 Å². The van der Waals surface area contributed by atoms with Gasteiger partial charge in [-0.3, -0.25) is 0 Å². The predicted molar refractivity (Wildman–Crippen MR) is 67.5 cm³/mol. The summed E-state index contributed by atoms with van der Waals surface area (Å²) < 4.78 is 0. The van der Waals surface area contributed by atoms with Crippen LogP contribution in [0.25, 0.3) is 0 Å². The Morgan fingerprint density at radius 2 is 2.27 bits per heavy atom. The number of hydrogen-bond acceptors (Lipinski definition) is 2. The fourth-order valence-corrected chi connectivity index (χ4v) is 2.20. The lowest BCUT2D eigenvalue weighted by Gasteiger charge is -2.27. The number of rotatable bonds is 2. The van der Waals surface area contributed by atoms with Crippen molar-refractivity contribution in [1.29, 1.82) is 0 Å². The smallest absolute Gasteiger partial charge is 0.0323 e. The second kappa shape index (κ2) is 5.38. The molecule has 1 aromatic rings. The number of hydrogen-bond donors (Lipinski definition) is 2. The van der Waals surface area contributed by atoms with Gasteiger partial charge in [0.15, 0.2) is 0 Å². The van der Waals surface area contributed by atoms with Gasteiger partial charge in [-0.1, -0.05) is 19.4 Å². The number of fused-ring (bicyclic) bond motifs is 1. The number of nitrogen functional groups attached to an aromatic ring is 1. The molecule has 84 valence electrons. The zero-order valence-electron chi connectivity index (χ0n) is 9.12. The Bertz CT molecular complexity index is 325. The van der Waals surface area contributed by atoms with Crippen LogP contribution in [-0.4, -0.2) is 6.54 Å². The van der Waals surface area contributed by atoms with E-state index >= 15 is 0 Å². The first kappa shape index (κ1) is 12.3. The van der Waals surface area contributed by atoms with Crippen molar-refractivity contribution in [3.05, 3.63) is 29.3 Å². The molecule has 1 aliphatic heterocycles. The summed E-state index contributed by atoms with van der Waals surface area (Å²) in [5.74, 6) is 0. The predicted octanol–water partition coefficient (Wildman–Crippen LogP) is 2.68. The maximum atomic E-state index is 5.81. The van der Waals surface area contributed by atoms with Crippen molar-refractivity contribution in [2.24, 2.45) is 0 Å². The van der Waals surface area contributed by atoms with Gasteiger partial charge >= 0.3 is 0 Å². The van der Waals surface area contributed by atoms with Crippen molar-refractivity contribution in [3.8, 4) is 0 Å². The van der Waals surface area contributed by atoms with Crippen molar-refractivity contribution in [2.45, 2.75) is 32.2 Å². The van der Waals surface area contributed by atoms with Gasteiger partial charge in [0.05, 0.1) is 0 Å². The third-order valence-corrected chi connectivity index (χ3v) is 2.91. The summed E-state index contributed by atoms with van der Waals surface area (Å²) >= 11 is 0.